The monoisotopic (exact) mass is 309 g/mol. The average Bonchev–Trinajstić information content (AvgIpc) is 2.75. The predicted molar refractivity (Wildman–Crippen MR) is 78.9 cm³/mol. The van der Waals surface area contributed by atoms with Crippen molar-refractivity contribution < 1.29 is 14.7 Å². The molecule has 3 N–H and O–H groups in total. The van der Waals surface area contributed by atoms with E-state index in [1.165, 1.54) is 6.92 Å². The van der Waals surface area contributed by atoms with Crippen LogP contribution < -0.4 is 11.3 Å². The van der Waals surface area contributed by atoms with Crippen molar-refractivity contribution in [3.8, 4) is 0 Å². The molecule has 0 aromatic carbocycles. The number of carboxylic acids is 1. The molecule has 0 saturated heterocycles. The van der Waals surface area contributed by atoms with Crippen LogP contribution in [0.4, 0.5) is 0 Å². The molecule has 2 aromatic heterocycles. The molecule has 8 heteroatoms. The number of thiophene rings is 1. The molecule has 0 bridgehead atoms. The maximum absolute atomic E-state index is 12.6. The van der Waals surface area contributed by atoms with Gasteiger partial charge in [0.05, 0.1) is 10.3 Å². The van der Waals surface area contributed by atoms with Crippen LogP contribution in [-0.2, 0) is 11.2 Å². The van der Waals surface area contributed by atoms with Gasteiger partial charge in [-0.15, -0.1) is 11.3 Å². The number of amides is 1. The number of aromatic nitrogens is 2. The van der Waals surface area contributed by atoms with Gasteiger partial charge in [-0.2, -0.15) is 0 Å². The second-order valence-electron chi connectivity index (χ2n) is 4.67. The van der Waals surface area contributed by atoms with E-state index < -0.39 is 23.5 Å². The highest BCUT2D eigenvalue weighted by molar-refractivity contribution is 7.20. The van der Waals surface area contributed by atoms with Crippen molar-refractivity contribution in [1.82, 2.24) is 9.55 Å². The van der Waals surface area contributed by atoms with Crippen LogP contribution in [0.25, 0.3) is 10.2 Å². The summed E-state index contributed by atoms with van der Waals surface area (Å²) in [6.45, 7) is 4.82. The zero-order valence-corrected chi connectivity index (χ0v) is 12.7. The van der Waals surface area contributed by atoms with Crippen LogP contribution in [0.1, 0.15) is 40.9 Å². The molecule has 112 valence electrons. The second-order valence-corrected chi connectivity index (χ2v) is 5.67. The van der Waals surface area contributed by atoms with Gasteiger partial charge in [0.2, 0.25) is 0 Å². The van der Waals surface area contributed by atoms with Crippen LogP contribution in [0.2, 0.25) is 0 Å². The molecule has 0 saturated carbocycles. The first-order valence-electron chi connectivity index (χ1n) is 6.36. The van der Waals surface area contributed by atoms with E-state index in [-0.39, 0.29) is 10.3 Å². The maximum Gasteiger partial charge on any atom is 0.326 e. The quantitative estimate of drug-likeness (QED) is 0.876. The molecule has 1 unspecified atom stereocenters. The van der Waals surface area contributed by atoms with E-state index in [0.717, 1.165) is 15.9 Å². The highest BCUT2D eigenvalue weighted by atomic mass is 32.1. The highest BCUT2D eigenvalue weighted by Crippen LogP contribution is 2.27. The minimum Gasteiger partial charge on any atom is -0.480 e. The van der Waals surface area contributed by atoms with E-state index in [1.54, 1.807) is 13.8 Å². The molecule has 0 fully saturated rings. The summed E-state index contributed by atoms with van der Waals surface area (Å²) in [7, 11) is 0. The standard InChI is InChI=1S/C13H15N3O4S/c1-4-7-15-11-8(5(2)9(21-11)10(14)17)12(18)16(7)6(3)13(19)20/h6H,4H2,1-3H3,(H2,14,17)(H,19,20). The molecule has 7 nitrogen and oxygen atoms in total. The number of carbonyl (C=O) groups excluding carboxylic acids is 1. The fourth-order valence-corrected chi connectivity index (χ4v) is 3.27. The van der Waals surface area contributed by atoms with E-state index in [2.05, 4.69) is 4.98 Å². The van der Waals surface area contributed by atoms with Crippen molar-refractivity contribution in [3.05, 3.63) is 26.6 Å². The largest absolute Gasteiger partial charge is 0.480 e. The lowest BCUT2D eigenvalue weighted by Gasteiger charge is -2.15. The van der Waals surface area contributed by atoms with Crippen LogP contribution in [-0.4, -0.2) is 26.5 Å². The minimum absolute atomic E-state index is 0.263. The zero-order valence-electron chi connectivity index (χ0n) is 11.8. The van der Waals surface area contributed by atoms with Gasteiger partial charge in [0.25, 0.3) is 11.5 Å². The van der Waals surface area contributed by atoms with Crippen molar-refractivity contribution in [1.29, 1.82) is 0 Å². The van der Waals surface area contributed by atoms with Gasteiger partial charge in [-0.25, -0.2) is 9.78 Å². The lowest BCUT2D eigenvalue weighted by atomic mass is 10.2. The summed E-state index contributed by atoms with van der Waals surface area (Å²) in [5, 5.41) is 9.42. The lowest BCUT2D eigenvalue weighted by molar-refractivity contribution is -0.140. The Balaban J connectivity index is 2.91. The summed E-state index contributed by atoms with van der Waals surface area (Å²) in [5.74, 6) is -1.36. The van der Waals surface area contributed by atoms with E-state index >= 15 is 0 Å². The first kappa shape index (κ1) is 15.2. The Labute approximate surface area is 124 Å². The van der Waals surface area contributed by atoms with E-state index in [1.807, 2.05) is 0 Å². The summed E-state index contributed by atoms with van der Waals surface area (Å²) in [4.78, 5) is 40.2. The van der Waals surface area contributed by atoms with Crippen LogP contribution in [0.15, 0.2) is 4.79 Å². The third-order valence-electron chi connectivity index (χ3n) is 3.35. The van der Waals surface area contributed by atoms with Crippen molar-refractivity contribution in [2.75, 3.05) is 0 Å². The van der Waals surface area contributed by atoms with Crippen LogP contribution in [0.5, 0.6) is 0 Å². The second kappa shape index (κ2) is 5.28. The Hall–Kier alpha value is -2.22. The summed E-state index contributed by atoms with van der Waals surface area (Å²) < 4.78 is 1.16. The Bertz CT molecular complexity index is 806. The molecule has 2 heterocycles. The van der Waals surface area contributed by atoms with Gasteiger partial charge in [0.15, 0.2) is 0 Å². The van der Waals surface area contributed by atoms with E-state index in [4.69, 9.17) is 10.8 Å². The van der Waals surface area contributed by atoms with Gasteiger partial charge in [-0.3, -0.25) is 14.2 Å². The SMILES string of the molecule is CCc1nc2sc(C(N)=O)c(C)c2c(=O)n1C(C)C(=O)O. The molecule has 0 spiro atoms. The summed E-state index contributed by atoms with van der Waals surface area (Å²) in [5.41, 5.74) is 5.29. The normalized spacial score (nSPS) is 12.5. The zero-order chi connectivity index (χ0) is 15.9. The molecule has 0 aliphatic carbocycles. The fourth-order valence-electron chi connectivity index (χ4n) is 2.23. The van der Waals surface area contributed by atoms with Gasteiger partial charge in [0, 0.05) is 6.42 Å². The first-order chi connectivity index (χ1) is 9.79. The minimum atomic E-state index is -1.11. The number of aliphatic carboxylic acids is 1. The van der Waals surface area contributed by atoms with Crippen molar-refractivity contribution in [3.63, 3.8) is 0 Å². The van der Waals surface area contributed by atoms with Crippen LogP contribution in [0, 0.1) is 6.92 Å². The van der Waals surface area contributed by atoms with Gasteiger partial charge >= 0.3 is 5.97 Å². The molecular weight excluding hydrogens is 294 g/mol. The highest BCUT2D eigenvalue weighted by Gasteiger charge is 2.24. The molecule has 0 aliphatic rings. The van der Waals surface area contributed by atoms with E-state index in [9.17, 15) is 14.4 Å². The number of nitrogens with zero attached hydrogens (tertiary/aromatic N) is 2. The van der Waals surface area contributed by atoms with Gasteiger partial charge in [-0.1, -0.05) is 6.92 Å². The Morgan fingerprint density at radius 1 is 1.48 bits per heavy atom. The number of carboxylic acid groups (broad SMARTS) is 1. The smallest absolute Gasteiger partial charge is 0.326 e. The summed E-state index contributed by atoms with van der Waals surface area (Å²) in [6.07, 6.45) is 0.408. The molecule has 0 radical (unpaired) electrons. The number of hydrogen-bond acceptors (Lipinski definition) is 5. The third-order valence-corrected chi connectivity index (χ3v) is 4.55. The number of fused-ring (bicyclic) bond motifs is 1. The molecule has 2 rings (SSSR count). The third kappa shape index (κ3) is 2.31. The van der Waals surface area contributed by atoms with Gasteiger partial charge in [-0.05, 0) is 19.4 Å². The topological polar surface area (TPSA) is 115 Å². The molecule has 2 aromatic rings. The van der Waals surface area contributed by atoms with Crippen molar-refractivity contribution in [2.45, 2.75) is 33.2 Å². The van der Waals surface area contributed by atoms with Crippen LogP contribution in [0.3, 0.4) is 0 Å². The number of rotatable bonds is 4. The van der Waals surface area contributed by atoms with Crippen molar-refractivity contribution in [2.24, 2.45) is 5.73 Å². The first-order valence-corrected chi connectivity index (χ1v) is 7.18. The molecular formula is C13H15N3O4S. The summed E-state index contributed by atoms with van der Waals surface area (Å²) >= 11 is 1.06. The Morgan fingerprint density at radius 3 is 2.57 bits per heavy atom. The van der Waals surface area contributed by atoms with Crippen molar-refractivity contribution >= 4 is 33.4 Å². The Kier molecular flexibility index (Phi) is 3.82. The summed E-state index contributed by atoms with van der Waals surface area (Å²) in [6, 6.07) is -1.03. The van der Waals surface area contributed by atoms with E-state index in [0.29, 0.717) is 22.6 Å². The number of primary amides is 1. The molecule has 0 aliphatic heterocycles. The van der Waals surface area contributed by atoms with Gasteiger partial charge in [0.1, 0.15) is 16.7 Å². The molecule has 1 amide bonds. The molecule has 21 heavy (non-hydrogen) atoms. The van der Waals surface area contributed by atoms with Crippen LogP contribution >= 0.6 is 11.3 Å². The Morgan fingerprint density at radius 2 is 2.10 bits per heavy atom. The maximum atomic E-state index is 12.6. The average molecular weight is 309 g/mol. The molecule has 1 atom stereocenters. The number of carbonyl (C=O) groups is 2. The fraction of sp³-hybridized carbons (Fsp3) is 0.385. The number of aryl methyl sites for hydroxylation is 2. The number of hydrogen-bond donors (Lipinski definition) is 2. The lowest BCUT2D eigenvalue weighted by Crippen LogP contribution is -2.31. The predicted octanol–water partition coefficient (Wildman–Crippen LogP) is 1.07. The number of nitrogens with two attached hydrogens (primary N) is 1. The van der Waals surface area contributed by atoms with Gasteiger partial charge < -0.3 is 10.8 Å².